The van der Waals surface area contributed by atoms with Gasteiger partial charge in [0, 0.05) is 52.2 Å². The lowest BCUT2D eigenvalue weighted by Gasteiger charge is -2.35. The third-order valence-electron chi connectivity index (χ3n) is 6.15. The summed E-state index contributed by atoms with van der Waals surface area (Å²) in [6.45, 7) is 7.27. The molecular weight excluding hydrogens is 410 g/mol. The van der Waals surface area contributed by atoms with Gasteiger partial charge in [-0.1, -0.05) is 13.0 Å². The average molecular weight is 448 g/mol. The van der Waals surface area contributed by atoms with Crippen molar-refractivity contribution >= 4 is 11.9 Å². The molecule has 2 heterocycles. The zero-order chi connectivity index (χ0) is 22.9. The van der Waals surface area contributed by atoms with E-state index in [-0.39, 0.29) is 18.0 Å². The van der Waals surface area contributed by atoms with E-state index in [1.54, 1.807) is 21.3 Å². The van der Waals surface area contributed by atoms with Crippen LogP contribution in [0.3, 0.4) is 0 Å². The molecule has 2 aliphatic heterocycles. The van der Waals surface area contributed by atoms with Gasteiger partial charge in [0.05, 0.1) is 33.5 Å². The van der Waals surface area contributed by atoms with Gasteiger partial charge in [-0.15, -0.1) is 0 Å². The fraction of sp³-hybridized carbons (Fsp3) is 0.652. The summed E-state index contributed by atoms with van der Waals surface area (Å²) < 4.78 is 16.5. The van der Waals surface area contributed by atoms with Gasteiger partial charge in [-0.3, -0.25) is 14.7 Å². The smallest absolute Gasteiger partial charge is 0.222 e. The van der Waals surface area contributed by atoms with Crippen molar-refractivity contribution < 1.29 is 19.0 Å². The Morgan fingerprint density at radius 1 is 1.22 bits per heavy atom. The maximum absolute atomic E-state index is 12.0. The first kappa shape index (κ1) is 24.1. The minimum absolute atomic E-state index is 0.124. The first-order valence-electron chi connectivity index (χ1n) is 11.4. The number of methoxy groups -OCH3 is 2. The van der Waals surface area contributed by atoms with Gasteiger partial charge in [0.2, 0.25) is 5.91 Å². The molecule has 2 aliphatic rings. The van der Waals surface area contributed by atoms with Gasteiger partial charge in [-0.05, 0) is 24.1 Å². The van der Waals surface area contributed by atoms with E-state index in [1.165, 1.54) is 0 Å². The van der Waals surface area contributed by atoms with E-state index in [4.69, 9.17) is 14.2 Å². The van der Waals surface area contributed by atoms with E-state index in [1.807, 2.05) is 24.0 Å². The van der Waals surface area contributed by atoms with Crippen LogP contribution in [0.1, 0.15) is 31.4 Å². The van der Waals surface area contributed by atoms with Crippen LogP contribution < -0.4 is 20.1 Å². The Morgan fingerprint density at radius 2 is 1.97 bits per heavy atom. The maximum atomic E-state index is 12.0. The zero-order valence-corrected chi connectivity index (χ0v) is 19.7. The van der Waals surface area contributed by atoms with Crippen LogP contribution in [-0.4, -0.2) is 94.9 Å². The number of benzene rings is 1. The highest BCUT2D eigenvalue weighted by Crippen LogP contribution is 2.32. The van der Waals surface area contributed by atoms with Crippen LogP contribution in [-0.2, 0) is 9.53 Å². The van der Waals surface area contributed by atoms with Crippen molar-refractivity contribution in [3.8, 4) is 11.5 Å². The summed E-state index contributed by atoms with van der Waals surface area (Å²) in [6.07, 6.45) is 1.47. The van der Waals surface area contributed by atoms with Crippen molar-refractivity contribution in [1.29, 1.82) is 0 Å². The van der Waals surface area contributed by atoms with Crippen molar-refractivity contribution in [1.82, 2.24) is 20.4 Å². The molecule has 0 radical (unpaired) electrons. The predicted octanol–water partition coefficient (Wildman–Crippen LogP) is 1.25. The lowest BCUT2D eigenvalue weighted by atomic mass is 10.0. The normalized spacial score (nSPS) is 20.7. The van der Waals surface area contributed by atoms with Crippen LogP contribution in [0.15, 0.2) is 23.2 Å². The van der Waals surface area contributed by atoms with Crippen LogP contribution >= 0.6 is 0 Å². The summed E-state index contributed by atoms with van der Waals surface area (Å²) in [5.41, 5.74) is 1.15. The number of guanidine groups is 1. The standard InChI is InChI=1S/C23H37N5O4/c1-5-22(29)28-9-8-18(16-28)26-23(24-2)25-15-19(27-10-12-32-13-11-27)17-6-7-20(30-3)21(14-17)31-4/h6-7,14,18-19H,5,8-13,15-16H2,1-4H3,(H2,24,25,26). The van der Waals surface area contributed by atoms with Crippen LogP contribution in [0.25, 0.3) is 0 Å². The van der Waals surface area contributed by atoms with E-state index < -0.39 is 0 Å². The third kappa shape index (κ3) is 6.04. The highest BCUT2D eigenvalue weighted by molar-refractivity contribution is 5.80. The second-order valence-corrected chi connectivity index (χ2v) is 8.05. The molecule has 9 heteroatoms. The fourth-order valence-electron chi connectivity index (χ4n) is 4.32. The molecule has 2 atom stereocenters. The fourth-order valence-corrected chi connectivity index (χ4v) is 4.32. The monoisotopic (exact) mass is 447 g/mol. The summed E-state index contributed by atoms with van der Waals surface area (Å²) in [5.74, 6) is 2.39. The number of carbonyl (C=O) groups excluding carboxylic acids is 1. The van der Waals surface area contributed by atoms with Gasteiger partial charge in [-0.2, -0.15) is 0 Å². The second-order valence-electron chi connectivity index (χ2n) is 8.05. The van der Waals surface area contributed by atoms with Crippen LogP contribution in [0.4, 0.5) is 0 Å². The number of carbonyl (C=O) groups is 1. The lowest BCUT2D eigenvalue weighted by Crippen LogP contribution is -2.49. The molecular formula is C23H37N5O4. The van der Waals surface area contributed by atoms with Crippen LogP contribution in [0.5, 0.6) is 11.5 Å². The molecule has 0 saturated carbocycles. The number of aliphatic imine (C=N–C) groups is 1. The number of hydrogen-bond donors (Lipinski definition) is 2. The van der Waals surface area contributed by atoms with E-state index in [9.17, 15) is 4.79 Å². The summed E-state index contributed by atoms with van der Waals surface area (Å²) in [7, 11) is 5.08. The number of rotatable bonds is 8. The molecule has 0 aliphatic carbocycles. The summed E-state index contributed by atoms with van der Waals surface area (Å²) in [5, 5.41) is 6.98. The Balaban J connectivity index is 1.67. The molecule has 0 spiro atoms. The first-order chi connectivity index (χ1) is 15.6. The average Bonchev–Trinajstić information content (AvgIpc) is 3.31. The Morgan fingerprint density at radius 3 is 2.62 bits per heavy atom. The van der Waals surface area contributed by atoms with Gasteiger partial charge in [0.1, 0.15) is 0 Å². The number of ether oxygens (including phenoxy) is 3. The maximum Gasteiger partial charge on any atom is 0.222 e. The quantitative estimate of drug-likeness (QED) is 0.458. The Kier molecular flexibility index (Phi) is 8.99. The molecule has 178 valence electrons. The van der Waals surface area contributed by atoms with E-state index in [0.717, 1.165) is 68.8 Å². The highest BCUT2D eigenvalue weighted by Gasteiger charge is 2.27. The second kappa shape index (κ2) is 11.9. The van der Waals surface area contributed by atoms with Crippen LogP contribution in [0, 0.1) is 0 Å². The van der Waals surface area contributed by atoms with Crippen molar-refractivity contribution in [2.75, 3.05) is 67.2 Å². The molecule has 1 aromatic rings. The van der Waals surface area contributed by atoms with Gasteiger partial charge in [0.25, 0.3) is 0 Å². The topological polar surface area (TPSA) is 87.7 Å². The molecule has 0 aromatic heterocycles. The summed E-state index contributed by atoms with van der Waals surface area (Å²) in [6, 6.07) is 6.41. The minimum atomic E-state index is 0.124. The van der Waals surface area contributed by atoms with E-state index >= 15 is 0 Å². The van der Waals surface area contributed by atoms with Crippen molar-refractivity contribution in [3.05, 3.63) is 23.8 Å². The number of nitrogens with one attached hydrogen (secondary N) is 2. The van der Waals surface area contributed by atoms with Crippen molar-refractivity contribution in [3.63, 3.8) is 0 Å². The first-order valence-corrected chi connectivity index (χ1v) is 11.4. The molecule has 2 unspecified atom stereocenters. The zero-order valence-electron chi connectivity index (χ0n) is 19.7. The van der Waals surface area contributed by atoms with Gasteiger partial charge >= 0.3 is 0 Å². The molecule has 32 heavy (non-hydrogen) atoms. The number of amides is 1. The molecule has 2 fully saturated rings. The molecule has 1 amide bonds. The SMILES string of the molecule is CCC(=O)N1CCC(NC(=NC)NCC(c2ccc(OC)c(OC)c2)N2CCOCC2)C1. The molecule has 1 aromatic carbocycles. The number of likely N-dealkylation sites (tertiary alicyclic amines) is 1. The van der Waals surface area contributed by atoms with Crippen molar-refractivity contribution in [2.24, 2.45) is 4.99 Å². The summed E-state index contributed by atoms with van der Waals surface area (Å²) >= 11 is 0. The predicted molar refractivity (Wildman–Crippen MR) is 124 cm³/mol. The number of nitrogens with zero attached hydrogens (tertiary/aromatic N) is 3. The van der Waals surface area contributed by atoms with E-state index in [2.05, 4.69) is 26.6 Å². The molecule has 3 rings (SSSR count). The minimum Gasteiger partial charge on any atom is -0.493 e. The number of hydrogen-bond acceptors (Lipinski definition) is 6. The van der Waals surface area contributed by atoms with Gasteiger partial charge in [0.15, 0.2) is 17.5 Å². The largest absolute Gasteiger partial charge is 0.493 e. The number of morpholine rings is 1. The van der Waals surface area contributed by atoms with Crippen LogP contribution in [0.2, 0.25) is 0 Å². The van der Waals surface area contributed by atoms with Crippen molar-refractivity contribution in [2.45, 2.75) is 31.8 Å². The van der Waals surface area contributed by atoms with Gasteiger partial charge < -0.3 is 29.7 Å². The Labute approximate surface area is 191 Å². The third-order valence-corrected chi connectivity index (χ3v) is 6.15. The Hall–Kier alpha value is -2.52. The lowest BCUT2D eigenvalue weighted by molar-refractivity contribution is -0.129. The summed E-state index contributed by atoms with van der Waals surface area (Å²) in [4.78, 5) is 20.7. The molecule has 0 bridgehead atoms. The highest BCUT2D eigenvalue weighted by atomic mass is 16.5. The Bertz CT molecular complexity index is 782. The molecule has 2 saturated heterocycles. The molecule has 2 N–H and O–H groups in total. The van der Waals surface area contributed by atoms with Gasteiger partial charge in [-0.25, -0.2) is 0 Å². The molecule has 9 nitrogen and oxygen atoms in total. The van der Waals surface area contributed by atoms with E-state index in [0.29, 0.717) is 13.0 Å².